The Bertz CT molecular complexity index is 858. The summed E-state index contributed by atoms with van der Waals surface area (Å²) in [4.78, 5) is 11.8. The van der Waals surface area contributed by atoms with Crippen molar-refractivity contribution in [3.05, 3.63) is 47.5 Å². The standard InChI is InChI=1S/C21H25F3N2O/c1-13(2)10-14-6-5-7-15-11-16(8-9-17(14)15)19(21(22,23)24)26-20(3,4)12-18(27)25-26/h5-9,11,13,19H,10,12H2,1-4H3,(H,25,27). The van der Waals surface area contributed by atoms with Gasteiger partial charge in [0.15, 0.2) is 6.04 Å². The van der Waals surface area contributed by atoms with E-state index >= 15 is 0 Å². The normalized spacial score (nSPS) is 18.9. The van der Waals surface area contributed by atoms with Gasteiger partial charge in [-0.05, 0) is 54.2 Å². The van der Waals surface area contributed by atoms with E-state index in [2.05, 4.69) is 19.3 Å². The molecule has 1 N–H and O–H groups in total. The van der Waals surface area contributed by atoms with E-state index in [1.54, 1.807) is 26.0 Å². The Kier molecular flexibility index (Phi) is 4.97. The summed E-state index contributed by atoms with van der Waals surface area (Å²) in [5, 5.41) is 2.80. The highest BCUT2D eigenvalue weighted by molar-refractivity contribution is 5.86. The molecule has 0 bridgehead atoms. The molecule has 0 spiro atoms. The average molecular weight is 378 g/mol. The zero-order valence-corrected chi connectivity index (χ0v) is 16.0. The Balaban J connectivity index is 2.08. The van der Waals surface area contributed by atoms with Crippen molar-refractivity contribution in [3.8, 4) is 0 Å². The van der Waals surface area contributed by atoms with Gasteiger partial charge in [0.25, 0.3) is 0 Å². The molecule has 1 aliphatic rings. The number of benzene rings is 2. The molecule has 2 aromatic carbocycles. The van der Waals surface area contributed by atoms with E-state index in [1.165, 1.54) is 6.07 Å². The number of hydrogen-bond acceptors (Lipinski definition) is 2. The van der Waals surface area contributed by atoms with Gasteiger partial charge in [-0.2, -0.15) is 18.2 Å². The molecule has 1 saturated heterocycles. The van der Waals surface area contributed by atoms with Gasteiger partial charge in [0.05, 0.1) is 0 Å². The first kappa shape index (κ1) is 19.7. The van der Waals surface area contributed by atoms with Crippen LogP contribution in [0.5, 0.6) is 0 Å². The summed E-state index contributed by atoms with van der Waals surface area (Å²) in [5.74, 6) is 0.0630. The van der Waals surface area contributed by atoms with Gasteiger partial charge in [0.1, 0.15) is 0 Å². The molecule has 146 valence electrons. The third kappa shape index (κ3) is 3.95. The monoisotopic (exact) mass is 378 g/mol. The fraction of sp³-hybridized carbons (Fsp3) is 0.476. The van der Waals surface area contributed by atoms with Gasteiger partial charge >= 0.3 is 6.18 Å². The molecular formula is C21H25F3N2O. The molecule has 1 heterocycles. The highest BCUT2D eigenvalue weighted by Gasteiger charge is 2.52. The molecule has 0 aliphatic carbocycles. The SMILES string of the molecule is CC(C)Cc1cccc2cc(C(N3NC(=O)CC3(C)C)C(F)(F)F)ccc12. The summed E-state index contributed by atoms with van der Waals surface area (Å²) in [6, 6.07) is 8.75. The molecule has 1 unspecified atom stereocenters. The summed E-state index contributed by atoms with van der Waals surface area (Å²) in [6.07, 6.45) is -3.61. The summed E-state index contributed by atoms with van der Waals surface area (Å²) < 4.78 is 42.0. The quantitative estimate of drug-likeness (QED) is 0.797. The first-order chi connectivity index (χ1) is 12.5. The predicted molar refractivity (Wildman–Crippen MR) is 100.0 cm³/mol. The molecule has 2 aromatic rings. The molecule has 0 aromatic heterocycles. The number of alkyl halides is 3. The average Bonchev–Trinajstić information content (AvgIpc) is 2.78. The number of fused-ring (bicyclic) bond motifs is 1. The molecule has 1 atom stereocenters. The van der Waals surface area contributed by atoms with Crippen LogP contribution < -0.4 is 5.43 Å². The number of hydrazine groups is 1. The Morgan fingerprint density at radius 3 is 2.44 bits per heavy atom. The van der Waals surface area contributed by atoms with Crippen molar-refractivity contribution in [1.82, 2.24) is 10.4 Å². The van der Waals surface area contributed by atoms with E-state index in [4.69, 9.17) is 0 Å². The van der Waals surface area contributed by atoms with Crippen LogP contribution in [0.25, 0.3) is 10.8 Å². The van der Waals surface area contributed by atoms with Crippen LogP contribution in [0.4, 0.5) is 13.2 Å². The summed E-state index contributed by atoms with van der Waals surface area (Å²) in [6.45, 7) is 7.52. The van der Waals surface area contributed by atoms with Crippen LogP contribution in [-0.2, 0) is 11.2 Å². The van der Waals surface area contributed by atoms with Crippen LogP contribution in [0.15, 0.2) is 36.4 Å². The van der Waals surface area contributed by atoms with Gasteiger partial charge in [-0.15, -0.1) is 0 Å². The van der Waals surface area contributed by atoms with E-state index in [0.717, 1.165) is 27.8 Å². The van der Waals surface area contributed by atoms with Gasteiger partial charge in [-0.3, -0.25) is 10.2 Å². The maximum Gasteiger partial charge on any atom is 0.409 e. The van der Waals surface area contributed by atoms with Gasteiger partial charge in [0.2, 0.25) is 5.91 Å². The molecule has 6 heteroatoms. The number of hydrogen-bond donors (Lipinski definition) is 1. The second-order valence-electron chi connectivity index (χ2n) is 8.33. The third-order valence-corrected chi connectivity index (χ3v) is 5.00. The van der Waals surface area contributed by atoms with Crippen molar-refractivity contribution >= 4 is 16.7 Å². The fourth-order valence-corrected chi connectivity index (χ4v) is 3.86. The highest BCUT2D eigenvalue weighted by Crippen LogP contribution is 2.43. The van der Waals surface area contributed by atoms with Crippen molar-refractivity contribution < 1.29 is 18.0 Å². The van der Waals surface area contributed by atoms with Crippen LogP contribution in [0.3, 0.4) is 0 Å². The Morgan fingerprint density at radius 2 is 1.89 bits per heavy atom. The minimum Gasteiger partial charge on any atom is -0.287 e. The second kappa shape index (κ2) is 6.82. The van der Waals surface area contributed by atoms with E-state index in [9.17, 15) is 18.0 Å². The maximum atomic E-state index is 14.0. The molecule has 0 saturated carbocycles. The van der Waals surface area contributed by atoms with Crippen molar-refractivity contribution in [1.29, 1.82) is 0 Å². The van der Waals surface area contributed by atoms with Crippen LogP contribution >= 0.6 is 0 Å². The van der Waals surface area contributed by atoms with Gasteiger partial charge in [0, 0.05) is 12.0 Å². The van der Waals surface area contributed by atoms with E-state index in [-0.39, 0.29) is 12.0 Å². The van der Waals surface area contributed by atoms with Crippen LogP contribution in [-0.4, -0.2) is 22.6 Å². The molecule has 1 amide bonds. The molecule has 3 rings (SSSR count). The lowest BCUT2D eigenvalue weighted by Gasteiger charge is -2.38. The van der Waals surface area contributed by atoms with Crippen LogP contribution in [0, 0.1) is 5.92 Å². The fourth-order valence-electron chi connectivity index (χ4n) is 3.86. The number of halogens is 3. The minimum absolute atomic E-state index is 0.0334. The van der Waals surface area contributed by atoms with Crippen molar-refractivity contribution in [2.75, 3.05) is 0 Å². The zero-order chi connectivity index (χ0) is 20.0. The first-order valence-electron chi connectivity index (χ1n) is 9.16. The number of carbonyl (C=O) groups is 1. The third-order valence-electron chi connectivity index (χ3n) is 5.00. The topological polar surface area (TPSA) is 32.3 Å². The number of rotatable bonds is 4. The zero-order valence-electron chi connectivity index (χ0n) is 16.0. The second-order valence-corrected chi connectivity index (χ2v) is 8.33. The minimum atomic E-state index is -4.52. The van der Waals surface area contributed by atoms with Gasteiger partial charge in [-0.1, -0.05) is 44.2 Å². The molecule has 0 radical (unpaired) electrons. The summed E-state index contributed by atoms with van der Waals surface area (Å²) in [5.41, 5.74) is 2.75. The van der Waals surface area contributed by atoms with Crippen molar-refractivity contribution in [2.24, 2.45) is 5.92 Å². The highest BCUT2D eigenvalue weighted by atomic mass is 19.4. The van der Waals surface area contributed by atoms with Crippen LogP contribution in [0.2, 0.25) is 0 Å². The van der Waals surface area contributed by atoms with E-state index in [1.807, 2.05) is 18.2 Å². The number of nitrogens with zero attached hydrogens (tertiary/aromatic N) is 1. The lowest BCUT2D eigenvalue weighted by atomic mass is 9.93. The lowest BCUT2D eigenvalue weighted by Crippen LogP contribution is -2.51. The van der Waals surface area contributed by atoms with Crippen molar-refractivity contribution in [2.45, 2.75) is 58.3 Å². The number of nitrogens with one attached hydrogen (secondary N) is 1. The van der Waals surface area contributed by atoms with E-state index in [0.29, 0.717) is 5.92 Å². The van der Waals surface area contributed by atoms with Gasteiger partial charge in [-0.25, -0.2) is 0 Å². The largest absolute Gasteiger partial charge is 0.409 e. The Morgan fingerprint density at radius 1 is 1.19 bits per heavy atom. The van der Waals surface area contributed by atoms with Gasteiger partial charge < -0.3 is 0 Å². The smallest absolute Gasteiger partial charge is 0.287 e. The van der Waals surface area contributed by atoms with E-state index < -0.39 is 23.7 Å². The molecule has 1 aliphatic heterocycles. The number of amides is 1. The Labute approximate surface area is 157 Å². The Hall–Kier alpha value is -2.08. The predicted octanol–water partition coefficient (Wildman–Crippen LogP) is 5.16. The number of carbonyl (C=O) groups excluding carboxylic acids is 1. The molecule has 1 fully saturated rings. The van der Waals surface area contributed by atoms with Crippen LogP contribution in [0.1, 0.15) is 51.3 Å². The molecule has 3 nitrogen and oxygen atoms in total. The van der Waals surface area contributed by atoms with Crippen molar-refractivity contribution in [3.63, 3.8) is 0 Å². The summed E-state index contributed by atoms with van der Waals surface area (Å²) in [7, 11) is 0. The molecule has 27 heavy (non-hydrogen) atoms. The molecular weight excluding hydrogens is 353 g/mol. The first-order valence-corrected chi connectivity index (χ1v) is 9.16. The maximum absolute atomic E-state index is 14.0. The lowest BCUT2D eigenvalue weighted by molar-refractivity contribution is -0.203. The summed E-state index contributed by atoms with van der Waals surface area (Å²) >= 11 is 0.